The molecule has 2 heteroatoms. The molecule has 3 unspecified atom stereocenters. The molecule has 0 spiro atoms. The molecule has 1 heterocycles. The first kappa shape index (κ1) is 9.91. The number of carbonyl (C=O) groups is 1. The fourth-order valence-electron chi connectivity index (χ4n) is 2.34. The first-order chi connectivity index (χ1) is 7.84. The van der Waals surface area contributed by atoms with E-state index in [0.717, 1.165) is 5.57 Å². The van der Waals surface area contributed by atoms with Gasteiger partial charge in [0.05, 0.1) is 0 Å². The summed E-state index contributed by atoms with van der Waals surface area (Å²) >= 11 is 1.38. The van der Waals surface area contributed by atoms with E-state index in [4.69, 9.17) is 0 Å². The minimum atomic E-state index is 0.0485. The molecule has 3 aliphatic rings. The van der Waals surface area contributed by atoms with Gasteiger partial charge in [-0.25, -0.2) is 0 Å². The summed E-state index contributed by atoms with van der Waals surface area (Å²) in [5, 5.41) is 0.302. The van der Waals surface area contributed by atoms with E-state index in [9.17, 15) is 4.79 Å². The number of allylic oxidation sites excluding steroid dienone is 8. The van der Waals surface area contributed by atoms with Gasteiger partial charge in [0.25, 0.3) is 0 Å². The van der Waals surface area contributed by atoms with Crippen LogP contribution in [0.4, 0.5) is 0 Å². The molecule has 2 aliphatic carbocycles. The maximum Gasteiger partial charge on any atom is 0.221 e. The number of thioether (sulfide) groups is 1. The smallest absolute Gasteiger partial charge is 0.221 e. The van der Waals surface area contributed by atoms with Crippen molar-refractivity contribution in [3.05, 3.63) is 60.3 Å². The molecule has 0 saturated carbocycles. The van der Waals surface area contributed by atoms with Crippen molar-refractivity contribution in [3.8, 4) is 0 Å². The second kappa shape index (κ2) is 3.95. The van der Waals surface area contributed by atoms with Crippen molar-refractivity contribution in [1.82, 2.24) is 0 Å². The number of hydrogen-bond donors (Lipinski definition) is 0. The molecule has 1 aliphatic heterocycles. The quantitative estimate of drug-likeness (QED) is 0.633. The monoisotopic (exact) mass is 227 g/mol. The van der Waals surface area contributed by atoms with Crippen LogP contribution in [0.1, 0.15) is 0 Å². The summed E-state index contributed by atoms with van der Waals surface area (Å²) in [5.41, 5.74) is 1.02. The second-order valence-electron chi connectivity index (χ2n) is 4.07. The number of fused-ring (bicyclic) bond motifs is 3. The highest BCUT2D eigenvalue weighted by molar-refractivity contribution is 8.14. The van der Waals surface area contributed by atoms with Gasteiger partial charge in [0, 0.05) is 23.2 Å². The summed E-state index contributed by atoms with van der Waals surface area (Å²) in [5.74, 6) is 0.681. The number of rotatable bonds is 0. The van der Waals surface area contributed by atoms with Gasteiger partial charge in [-0.1, -0.05) is 60.4 Å². The Labute approximate surface area is 99.3 Å². The van der Waals surface area contributed by atoms with Gasteiger partial charge in [-0.2, -0.15) is 0 Å². The number of carbonyl (C=O) groups excluding carboxylic acids is 1. The second-order valence-corrected chi connectivity index (χ2v) is 5.22. The lowest BCUT2D eigenvalue weighted by atomic mass is 9.79. The van der Waals surface area contributed by atoms with Gasteiger partial charge in [-0.3, -0.25) is 4.79 Å². The van der Waals surface area contributed by atoms with Gasteiger partial charge in [-0.15, -0.1) is 0 Å². The molecule has 79 valence electrons. The Morgan fingerprint density at radius 1 is 1.06 bits per heavy atom. The van der Waals surface area contributed by atoms with Crippen molar-refractivity contribution in [2.24, 2.45) is 11.8 Å². The molecule has 0 N–H and O–H groups in total. The Morgan fingerprint density at radius 2 is 1.88 bits per heavy atom. The van der Waals surface area contributed by atoms with Crippen LogP contribution in [0, 0.1) is 17.9 Å². The molecular weight excluding hydrogens is 216 g/mol. The Hall–Kier alpha value is -1.28. The van der Waals surface area contributed by atoms with Gasteiger partial charge in [0.15, 0.2) is 0 Å². The Kier molecular flexibility index (Phi) is 2.44. The third-order valence-corrected chi connectivity index (χ3v) is 4.15. The molecule has 0 fully saturated rings. The molecule has 1 radical (unpaired) electrons. The molecule has 3 atom stereocenters. The van der Waals surface area contributed by atoms with Crippen LogP contribution in [0.2, 0.25) is 0 Å². The van der Waals surface area contributed by atoms with E-state index in [2.05, 4.69) is 36.5 Å². The zero-order chi connectivity index (χ0) is 11.0. The zero-order valence-electron chi connectivity index (χ0n) is 8.67. The summed E-state index contributed by atoms with van der Waals surface area (Å²) in [6.07, 6.45) is 19.6. The van der Waals surface area contributed by atoms with E-state index >= 15 is 0 Å². The van der Waals surface area contributed by atoms with Crippen molar-refractivity contribution >= 4 is 16.9 Å². The lowest BCUT2D eigenvalue weighted by Crippen LogP contribution is -2.23. The van der Waals surface area contributed by atoms with Crippen molar-refractivity contribution in [1.29, 1.82) is 0 Å². The lowest BCUT2D eigenvalue weighted by molar-refractivity contribution is -0.107. The SMILES string of the molecule is O=C1[C]=C2C=CC=CC2C2C=CC=CC2S1. The van der Waals surface area contributed by atoms with Crippen LogP contribution in [0.5, 0.6) is 0 Å². The summed E-state index contributed by atoms with van der Waals surface area (Å²) in [7, 11) is 0. The van der Waals surface area contributed by atoms with Crippen LogP contribution in [-0.4, -0.2) is 10.4 Å². The van der Waals surface area contributed by atoms with E-state index in [1.165, 1.54) is 11.8 Å². The maximum atomic E-state index is 11.7. The predicted octanol–water partition coefficient (Wildman–Crippen LogP) is 2.84. The minimum Gasteiger partial charge on any atom is -0.282 e. The standard InChI is InChI=1S/C14H11OS/c15-14-9-10-5-1-2-6-11(10)12-7-3-4-8-13(12)16-14/h1-8,11-13H. The average molecular weight is 227 g/mol. The van der Waals surface area contributed by atoms with Gasteiger partial charge in [0.1, 0.15) is 0 Å². The van der Waals surface area contributed by atoms with Gasteiger partial charge < -0.3 is 0 Å². The van der Waals surface area contributed by atoms with E-state index in [0.29, 0.717) is 11.8 Å². The normalized spacial score (nSPS) is 35.4. The summed E-state index contributed by atoms with van der Waals surface area (Å²) in [6.45, 7) is 0. The van der Waals surface area contributed by atoms with E-state index in [1.54, 1.807) is 0 Å². The van der Waals surface area contributed by atoms with E-state index in [-0.39, 0.29) is 10.4 Å². The zero-order valence-corrected chi connectivity index (χ0v) is 9.48. The van der Waals surface area contributed by atoms with Crippen LogP contribution in [0.15, 0.2) is 54.2 Å². The first-order valence-corrected chi connectivity index (χ1v) is 6.27. The third kappa shape index (κ3) is 1.63. The molecule has 3 rings (SSSR count). The maximum absolute atomic E-state index is 11.7. The predicted molar refractivity (Wildman–Crippen MR) is 66.7 cm³/mol. The highest BCUT2D eigenvalue weighted by atomic mass is 32.2. The minimum absolute atomic E-state index is 0.0485. The third-order valence-electron chi connectivity index (χ3n) is 3.09. The highest BCUT2D eigenvalue weighted by Crippen LogP contribution is 2.40. The van der Waals surface area contributed by atoms with Crippen molar-refractivity contribution < 1.29 is 4.79 Å². The molecule has 0 saturated heterocycles. The van der Waals surface area contributed by atoms with Gasteiger partial charge >= 0.3 is 0 Å². The Morgan fingerprint density at radius 3 is 2.81 bits per heavy atom. The molecule has 0 amide bonds. The topological polar surface area (TPSA) is 17.1 Å². The largest absolute Gasteiger partial charge is 0.282 e. The van der Waals surface area contributed by atoms with Crippen molar-refractivity contribution in [3.63, 3.8) is 0 Å². The van der Waals surface area contributed by atoms with Crippen LogP contribution >= 0.6 is 11.8 Å². The lowest BCUT2D eigenvalue weighted by Gasteiger charge is -2.28. The van der Waals surface area contributed by atoms with Gasteiger partial charge in [-0.05, 0) is 5.57 Å². The molecule has 0 bridgehead atoms. The van der Waals surface area contributed by atoms with Crippen LogP contribution in [-0.2, 0) is 4.79 Å². The Balaban J connectivity index is 2.04. The van der Waals surface area contributed by atoms with Crippen LogP contribution in [0.25, 0.3) is 0 Å². The molecule has 0 aromatic heterocycles. The first-order valence-electron chi connectivity index (χ1n) is 5.39. The summed E-state index contributed by atoms with van der Waals surface area (Å²) in [6, 6.07) is 0. The summed E-state index contributed by atoms with van der Waals surface area (Å²) < 4.78 is 0. The fraction of sp³-hybridized carbons (Fsp3) is 0.214. The molecule has 0 aromatic rings. The highest BCUT2D eigenvalue weighted by Gasteiger charge is 2.33. The fourth-order valence-corrected chi connectivity index (χ4v) is 3.35. The average Bonchev–Trinajstić information content (AvgIpc) is 2.44. The van der Waals surface area contributed by atoms with Crippen molar-refractivity contribution in [2.45, 2.75) is 5.25 Å². The van der Waals surface area contributed by atoms with Crippen molar-refractivity contribution in [2.75, 3.05) is 0 Å². The van der Waals surface area contributed by atoms with E-state index < -0.39 is 0 Å². The summed E-state index contributed by atoms with van der Waals surface area (Å²) in [4.78, 5) is 11.7. The number of hydrogen-bond acceptors (Lipinski definition) is 2. The van der Waals surface area contributed by atoms with Gasteiger partial charge in [0.2, 0.25) is 5.12 Å². The van der Waals surface area contributed by atoms with Crippen LogP contribution in [0.3, 0.4) is 0 Å². The van der Waals surface area contributed by atoms with Crippen LogP contribution < -0.4 is 0 Å². The van der Waals surface area contributed by atoms with E-state index in [1.807, 2.05) is 18.2 Å². The molecule has 16 heavy (non-hydrogen) atoms. The molecular formula is C14H11OS. The molecule has 0 aromatic carbocycles. The Bertz CT molecular complexity index is 465. The molecule has 1 nitrogen and oxygen atoms in total.